The van der Waals surface area contributed by atoms with Crippen LogP contribution in [0, 0.1) is 5.41 Å². The van der Waals surface area contributed by atoms with Gasteiger partial charge in [-0.05, 0) is 12.8 Å². The Morgan fingerprint density at radius 3 is 2.00 bits per heavy atom. The van der Waals surface area contributed by atoms with Crippen molar-refractivity contribution >= 4 is 15.8 Å². The number of carboxylic acid groups (broad SMARTS) is 1. The molecule has 92 valence electrons. The number of carbonyl (C=O) groups is 1. The molecule has 0 radical (unpaired) electrons. The minimum atomic E-state index is -3.15. The normalized spacial score (nSPS) is 30.3. The number of rotatable bonds is 2. The minimum absolute atomic E-state index is 0.0284. The predicted octanol–water partition coefficient (Wildman–Crippen LogP) is -0.973. The summed E-state index contributed by atoms with van der Waals surface area (Å²) in [5.41, 5.74) is -2.77. The van der Waals surface area contributed by atoms with Crippen LogP contribution in [0.5, 0.6) is 0 Å². The van der Waals surface area contributed by atoms with E-state index >= 15 is 0 Å². The second-order valence-corrected chi connectivity index (χ2v) is 6.87. The van der Waals surface area contributed by atoms with Crippen LogP contribution in [0.25, 0.3) is 0 Å². The van der Waals surface area contributed by atoms with Gasteiger partial charge in [-0.25, -0.2) is 8.42 Å². The van der Waals surface area contributed by atoms with Gasteiger partial charge in [-0.1, -0.05) is 0 Å². The van der Waals surface area contributed by atoms with Crippen molar-refractivity contribution < 1.29 is 28.2 Å². The zero-order chi connectivity index (χ0) is 12.0. The first-order valence-electron chi connectivity index (χ1n) is 5.05. The maximum Gasteiger partial charge on any atom is 0.312 e. The molecule has 2 saturated heterocycles. The fraction of sp³-hybridized carbons (Fsp3) is 0.889. The Kier molecular flexibility index (Phi) is 2.52. The second-order valence-electron chi connectivity index (χ2n) is 4.56. The maximum atomic E-state index is 11.3. The molecular weight excluding hydrogens is 236 g/mol. The quantitative estimate of drug-likeness (QED) is 0.653. The molecule has 0 aromatic rings. The monoisotopic (exact) mass is 250 g/mol. The van der Waals surface area contributed by atoms with Crippen molar-refractivity contribution in [2.75, 3.05) is 24.7 Å². The van der Waals surface area contributed by atoms with Crippen LogP contribution in [0.1, 0.15) is 12.8 Å². The average Bonchev–Trinajstić information content (AvgIpc) is 2.14. The summed E-state index contributed by atoms with van der Waals surface area (Å²) in [7, 11) is -3.15. The summed E-state index contributed by atoms with van der Waals surface area (Å²) in [6, 6.07) is 0. The number of ether oxygens (including phenoxy) is 1. The molecule has 16 heavy (non-hydrogen) atoms. The molecule has 0 amide bonds. The van der Waals surface area contributed by atoms with E-state index in [-0.39, 0.29) is 37.6 Å². The molecule has 0 aliphatic carbocycles. The minimum Gasteiger partial charge on any atom is -0.481 e. The van der Waals surface area contributed by atoms with Crippen LogP contribution < -0.4 is 0 Å². The van der Waals surface area contributed by atoms with Crippen molar-refractivity contribution in [1.82, 2.24) is 0 Å². The zero-order valence-electron chi connectivity index (χ0n) is 8.68. The summed E-state index contributed by atoms with van der Waals surface area (Å²) in [6.07, 6.45) is -0.0744. The van der Waals surface area contributed by atoms with Crippen molar-refractivity contribution in [3.8, 4) is 0 Å². The molecule has 0 unspecified atom stereocenters. The van der Waals surface area contributed by atoms with Crippen LogP contribution in [0.2, 0.25) is 0 Å². The molecule has 0 aromatic heterocycles. The predicted molar refractivity (Wildman–Crippen MR) is 53.7 cm³/mol. The Morgan fingerprint density at radius 1 is 1.19 bits per heavy atom. The molecule has 0 bridgehead atoms. The van der Waals surface area contributed by atoms with Gasteiger partial charge >= 0.3 is 5.97 Å². The summed E-state index contributed by atoms with van der Waals surface area (Å²) in [4.78, 5) is 11.3. The van der Waals surface area contributed by atoms with Crippen molar-refractivity contribution in [1.29, 1.82) is 0 Å². The van der Waals surface area contributed by atoms with E-state index in [0.717, 1.165) is 0 Å². The molecule has 2 heterocycles. The van der Waals surface area contributed by atoms with E-state index in [1.165, 1.54) is 0 Å². The lowest BCUT2D eigenvalue weighted by atomic mass is 9.66. The molecular formula is C9H14O6S. The highest BCUT2D eigenvalue weighted by Gasteiger charge is 2.61. The van der Waals surface area contributed by atoms with Crippen molar-refractivity contribution in [2.24, 2.45) is 5.41 Å². The van der Waals surface area contributed by atoms with Gasteiger partial charge in [-0.2, -0.15) is 0 Å². The Labute approximate surface area is 93.1 Å². The fourth-order valence-corrected chi connectivity index (χ4v) is 3.86. The van der Waals surface area contributed by atoms with Gasteiger partial charge in [0, 0.05) is 0 Å². The topological polar surface area (TPSA) is 101 Å². The molecule has 2 rings (SSSR count). The van der Waals surface area contributed by atoms with Crippen LogP contribution in [0.4, 0.5) is 0 Å². The highest BCUT2D eigenvalue weighted by atomic mass is 32.2. The smallest absolute Gasteiger partial charge is 0.312 e. The fourth-order valence-electron chi connectivity index (χ4n) is 2.34. The van der Waals surface area contributed by atoms with Crippen molar-refractivity contribution in [3.63, 3.8) is 0 Å². The first-order chi connectivity index (χ1) is 7.31. The van der Waals surface area contributed by atoms with Gasteiger partial charge in [0.15, 0.2) is 0 Å². The lowest BCUT2D eigenvalue weighted by Gasteiger charge is -2.50. The highest BCUT2D eigenvalue weighted by molar-refractivity contribution is 7.91. The Hall–Kier alpha value is -0.660. The van der Waals surface area contributed by atoms with E-state index in [2.05, 4.69) is 0 Å². The van der Waals surface area contributed by atoms with Gasteiger partial charge in [-0.15, -0.1) is 0 Å². The molecule has 2 N–H and O–H groups in total. The van der Waals surface area contributed by atoms with E-state index in [9.17, 15) is 23.4 Å². The molecule has 0 spiro atoms. The van der Waals surface area contributed by atoms with Gasteiger partial charge in [-0.3, -0.25) is 4.79 Å². The van der Waals surface area contributed by atoms with Crippen LogP contribution >= 0.6 is 0 Å². The van der Waals surface area contributed by atoms with Crippen LogP contribution in [0.3, 0.4) is 0 Å². The molecule has 0 aromatic carbocycles. The van der Waals surface area contributed by atoms with Gasteiger partial charge < -0.3 is 14.9 Å². The molecule has 2 aliphatic rings. The van der Waals surface area contributed by atoms with E-state index in [1.807, 2.05) is 0 Å². The number of hydrogen-bond acceptors (Lipinski definition) is 5. The maximum absolute atomic E-state index is 11.3. The van der Waals surface area contributed by atoms with E-state index in [4.69, 9.17) is 4.74 Å². The Balaban J connectivity index is 2.29. The number of sulfone groups is 1. The van der Waals surface area contributed by atoms with Gasteiger partial charge in [0.1, 0.15) is 20.9 Å². The van der Waals surface area contributed by atoms with E-state index < -0.39 is 26.8 Å². The van der Waals surface area contributed by atoms with E-state index in [0.29, 0.717) is 0 Å². The number of carboxylic acids is 1. The molecule has 2 aliphatic heterocycles. The van der Waals surface area contributed by atoms with Gasteiger partial charge in [0.2, 0.25) is 0 Å². The lowest BCUT2D eigenvalue weighted by Crippen LogP contribution is -2.66. The third-order valence-corrected chi connectivity index (χ3v) is 5.31. The number of aliphatic carboxylic acids is 1. The van der Waals surface area contributed by atoms with Crippen molar-refractivity contribution in [2.45, 2.75) is 18.4 Å². The molecule has 6 nitrogen and oxygen atoms in total. The third-order valence-electron chi connectivity index (χ3n) is 3.66. The second kappa shape index (κ2) is 3.41. The van der Waals surface area contributed by atoms with Crippen LogP contribution in [0.15, 0.2) is 0 Å². The highest BCUT2D eigenvalue weighted by Crippen LogP contribution is 2.46. The zero-order valence-corrected chi connectivity index (χ0v) is 9.49. The summed E-state index contributed by atoms with van der Waals surface area (Å²) in [6.45, 7) is -0.0568. The standard InChI is InChI=1S/C9H14O6S/c10-7(11)8(9(12)5-15-6-9)1-3-16(13,14)4-2-8/h12H,1-6H2,(H,10,11). The SMILES string of the molecule is O=C(O)C1(C2(O)COC2)CCS(=O)(=O)CC1. The summed E-state index contributed by atoms with van der Waals surface area (Å²) < 4.78 is 27.4. The van der Waals surface area contributed by atoms with Gasteiger partial charge in [0.25, 0.3) is 0 Å². The number of hydrogen-bond donors (Lipinski definition) is 2. The summed E-state index contributed by atoms with van der Waals surface area (Å²) >= 11 is 0. The number of aliphatic hydroxyl groups is 1. The first-order valence-corrected chi connectivity index (χ1v) is 6.87. The molecule has 0 atom stereocenters. The summed E-state index contributed by atoms with van der Waals surface area (Å²) in [5.74, 6) is -1.49. The lowest BCUT2D eigenvalue weighted by molar-refractivity contribution is -0.246. The largest absolute Gasteiger partial charge is 0.481 e. The van der Waals surface area contributed by atoms with Gasteiger partial charge in [0.05, 0.1) is 24.7 Å². The average molecular weight is 250 g/mol. The molecule has 0 saturated carbocycles. The summed E-state index contributed by atoms with van der Waals surface area (Å²) in [5, 5.41) is 19.4. The van der Waals surface area contributed by atoms with Crippen LogP contribution in [-0.4, -0.2) is 54.9 Å². The first kappa shape index (κ1) is 11.8. The third kappa shape index (κ3) is 1.54. The Bertz CT molecular complexity index is 394. The van der Waals surface area contributed by atoms with Crippen molar-refractivity contribution in [3.05, 3.63) is 0 Å². The molecule has 7 heteroatoms. The van der Waals surface area contributed by atoms with E-state index in [1.54, 1.807) is 0 Å². The van der Waals surface area contributed by atoms with Crippen LogP contribution in [-0.2, 0) is 19.4 Å². The molecule has 2 fully saturated rings. The Morgan fingerprint density at radius 2 is 1.69 bits per heavy atom.